The van der Waals surface area contributed by atoms with E-state index in [0.29, 0.717) is 10.6 Å². The second-order valence-corrected chi connectivity index (χ2v) is 7.83. The number of aromatic amines is 1. The molecule has 1 aliphatic heterocycles. The van der Waals surface area contributed by atoms with Gasteiger partial charge in [0, 0.05) is 53.9 Å². The molecule has 0 amide bonds. The van der Waals surface area contributed by atoms with Crippen molar-refractivity contribution in [3.63, 3.8) is 0 Å². The highest BCUT2D eigenvalue weighted by atomic mass is 35.5. The summed E-state index contributed by atoms with van der Waals surface area (Å²) in [5.41, 5.74) is 2.31. The number of hydrogen-bond acceptors (Lipinski definition) is 4. The molecule has 1 aliphatic rings. The summed E-state index contributed by atoms with van der Waals surface area (Å²) in [5, 5.41) is 12.7. The summed E-state index contributed by atoms with van der Waals surface area (Å²) in [4.78, 5) is 20.8. The number of H-pyrrole nitrogens is 1. The van der Waals surface area contributed by atoms with E-state index in [1.54, 1.807) is 6.20 Å². The van der Waals surface area contributed by atoms with E-state index in [2.05, 4.69) is 21.8 Å². The number of halogens is 1. The van der Waals surface area contributed by atoms with Crippen LogP contribution in [0.1, 0.15) is 22.0 Å². The number of carbonyl (C=O) groups is 1. The van der Waals surface area contributed by atoms with E-state index in [9.17, 15) is 9.90 Å². The zero-order valence-electron chi connectivity index (χ0n) is 15.8. The first-order valence-corrected chi connectivity index (χ1v) is 9.89. The molecule has 1 unspecified atom stereocenters. The minimum Gasteiger partial charge on any atom is -0.383 e. The van der Waals surface area contributed by atoms with Gasteiger partial charge in [0.05, 0.1) is 6.04 Å². The van der Waals surface area contributed by atoms with Gasteiger partial charge in [0.2, 0.25) is 0 Å². The lowest BCUT2D eigenvalue weighted by molar-refractivity contribution is 0.0227. The quantitative estimate of drug-likeness (QED) is 0.648. The molecule has 1 aromatic heterocycles. The van der Waals surface area contributed by atoms with E-state index in [-0.39, 0.29) is 5.78 Å². The first kappa shape index (κ1) is 19.2. The van der Waals surface area contributed by atoms with Crippen molar-refractivity contribution in [3.8, 4) is 0 Å². The third kappa shape index (κ3) is 3.71. The van der Waals surface area contributed by atoms with E-state index in [0.717, 1.165) is 42.6 Å². The summed E-state index contributed by atoms with van der Waals surface area (Å²) < 4.78 is 0. The summed E-state index contributed by atoms with van der Waals surface area (Å²) in [7, 11) is 2.09. The lowest BCUT2D eigenvalue weighted by Crippen LogP contribution is -2.50. The van der Waals surface area contributed by atoms with Gasteiger partial charge in [-0.15, -0.1) is 0 Å². The molecular weight excluding hydrogens is 374 g/mol. The smallest absolute Gasteiger partial charge is 0.195 e. The van der Waals surface area contributed by atoms with Crippen LogP contribution in [0, 0.1) is 0 Å². The third-order valence-electron chi connectivity index (χ3n) is 5.57. The average molecular weight is 398 g/mol. The number of Topliss-reactive ketones (excluding diaryl/α,β-unsaturated/α-hetero) is 1. The van der Waals surface area contributed by atoms with Crippen molar-refractivity contribution >= 4 is 28.3 Å². The van der Waals surface area contributed by atoms with Crippen molar-refractivity contribution in [1.29, 1.82) is 0 Å². The van der Waals surface area contributed by atoms with Gasteiger partial charge in [0.25, 0.3) is 0 Å². The number of fused-ring (bicyclic) bond motifs is 1. The van der Waals surface area contributed by atoms with Crippen molar-refractivity contribution < 1.29 is 9.90 Å². The Bertz CT molecular complexity index is 961. The molecule has 6 heteroatoms. The van der Waals surface area contributed by atoms with Crippen LogP contribution in [-0.4, -0.2) is 65.0 Å². The van der Waals surface area contributed by atoms with Gasteiger partial charge >= 0.3 is 0 Å². The maximum atomic E-state index is 13.3. The fourth-order valence-corrected chi connectivity index (χ4v) is 4.06. The van der Waals surface area contributed by atoms with E-state index >= 15 is 0 Å². The highest BCUT2D eigenvalue weighted by molar-refractivity contribution is 6.30. The van der Waals surface area contributed by atoms with Crippen LogP contribution in [0.2, 0.25) is 5.02 Å². The van der Waals surface area contributed by atoms with E-state index in [1.807, 2.05) is 48.5 Å². The van der Waals surface area contributed by atoms with Gasteiger partial charge in [-0.3, -0.25) is 9.69 Å². The summed E-state index contributed by atoms with van der Waals surface area (Å²) in [6.07, 6.45) is 0.530. The molecule has 2 atom stereocenters. The van der Waals surface area contributed by atoms with Gasteiger partial charge in [-0.25, -0.2) is 0 Å². The van der Waals surface area contributed by atoms with Crippen molar-refractivity contribution in [2.24, 2.45) is 0 Å². The van der Waals surface area contributed by atoms with Crippen LogP contribution in [0.15, 0.2) is 54.7 Å². The van der Waals surface area contributed by atoms with Crippen LogP contribution in [0.5, 0.6) is 0 Å². The second-order valence-electron chi connectivity index (χ2n) is 7.39. The SMILES string of the molecule is CN1CCN(C(c2ccc(Cl)cc2)[C@@H](O)C(=O)c2c[nH]c3ccccc23)CC1. The molecule has 2 aromatic carbocycles. The number of nitrogens with one attached hydrogen (secondary N) is 1. The van der Waals surface area contributed by atoms with Crippen molar-refractivity contribution in [2.75, 3.05) is 33.2 Å². The molecule has 0 aliphatic carbocycles. The lowest BCUT2D eigenvalue weighted by Gasteiger charge is -2.39. The number of hydrogen-bond donors (Lipinski definition) is 2. The van der Waals surface area contributed by atoms with Gasteiger partial charge in [0.1, 0.15) is 6.10 Å². The van der Waals surface area contributed by atoms with Gasteiger partial charge in [-0.1, -0.05) is 41.9 Å². The maximum Gasteiger partial charge on any atom is 0.195 e. The molecule has 28 heavy (non-hydrogen) atoms. The number of aromatic nitrogens is 1. The third-order valence-corrected chi connectivity index (χ3v) is 5.82. The average Bonchev–Trinajstić information content (AvgIpc) is 3.14. The number of aliphatic hydroxyl groups is 1. The number of likely N-dealkylation sites (N-methyl/N-ethyl adjacent to an activating group) is 1. The van der Waals surface area contributed by atoms with Crippen LogP contribution in [0.3, 0.4) is 0 Å². The molecule has 3 aromatic rings. The maximum absolute atomic E-state index is 13.3. The molecule has 0 saturated carbocycles. The predicted octanol–water partition coefficient (Wildman–Crippen LogP) is 3.35. The molecule has 146 valence electrons. The van der Waals surface area contributed by atoms with Crippen molar-refractivity contribution in [3.05, 3.63) is 70.9 Å². The molecular formula is C22H24ClN3O2. The van der Waals surface area contributed by atoms with E-state index < -0.39 is 12.1 Å². The predicted molar refractivity (Wildman–Crippen MR) is 112 cm³/mol. The van der Waals surface area contributed by atoms with Crippen molar-refractivity contribution in [2.45, 2.75) is 12.1 Å². The summed E-state index contributed by atoms with van der Waals surface area (Å²) in [6, 6.07) is 14.7. The van der Waals surface area contributed by atoms with Crippen LogP contribution in [0.25, 0.3) is 10.9 Å². The highest BCUT2D eigenvalue weighted by Gasteiger charge is 2.35. The Labute approximate surface area is 169 Å². The van der Waals surface area contributed by atoms with Crippen LogP contribution in [0.4, 0.5) is 0 Å². The number of para-hydroxylation sites is 1. The first-order chi connectivity index (χ1) is 13.5. The van der Waals surface area contributed by atoms with E-state index in [1.165, 1.54) is 0 Å². The molecule has 0 spiro atoms. The Hall–Kier alpha value is -2.18. The zero-order valence-corrected chi connectivity index (χ0v) is 16.6. The highest BCUT2D eigenvalue weighted by Crippen LogP contribution is 2.30. The second kappa shape index (κ2) is 8.05. The number of ketones is 1. The Kier molecular flexibility index (Phi) is 5.51. The molecule has 5 nitrogen and oxygen atoms in total. The topological polar surface area (TPSA) is 59.6 Å². The molecule has 0 bridgehead atoms. The Morgan fingerprint density at radius 3 is 2.46 bits per heavy atom. The largest absolute Gasteiger partial charge is 0.383 e. The number of carbonyl (C=O) groups excluding carboxylic acids is 1. The normalized spacial score (nSPS) is 18.2. The molecule has 1 saturated heterocycles. The fraction of sp³-hybridized carbons (Fsp3) is 0.318. The Balaban J connectivity index is 1.68. The van der Waals surface area contributed by atoms with Crippen LogP contribution >= 0.6 is 11.6 Å². The Morgan fingerprint density at radius 1 is 1.07 bits per heavy atom. The number of aliphatic hydroxyl groups excluding tert-OH is 1. The lowest BCUT2D eigenvalue weighted by atomic mass is 9.93. The van der Waals surface area contributed by atoms with Gasteiger partial charge in [-0.05, 0) is 30.8 Å². The Morgan fingerprint density at radius 2 is 1.75 bits per heavy atom. The number of benzene rings is 2. The number of rotatable bonds is 5. The van der Waals surface area contributed by atoms with Gasteiger partial charge < -0.3 is 15.0 Å². The number of piperazine rings is 1. The minimum atomic E-state index is -1.16. The molecule has 2 N–H and O–H groups in total. The van der Waals surface area contributed by atoms with Crippen LogP contribution in [-0.2, 0) is 0 Å². The van der Waals surface area contributed by atoms with Gasteiger partial charge in [0.15, 0.2) is 5.78 Å². The van der Waals surface area contributed by atoms with E-state index in [4.69, 9.17) is 11.6 Å². The fourth-order valence-electron chi connectivity index (χ4n) is 3.93. The van der Waals surface area contributed by atoms with Crippen LogP contribution < -0.4 is 0 Å². The first-order valence-electron chi connectivity index (χ1n) is 9.51. The number of nitrogens with zero attached hydrogens (tertiary/aromatic N) is 2. The zero-order chi connectivity index (χ0) is 19.7. The molecule has 0 radical (unpaired) electrons. The monoisotopic (exact) mass is 397 g/mol. The molecule has 4 rings (SSSR count). The van der Waals surface area contributed by atoms with Crippen molar-refractivity contribution in [1.82, 2.24) is 14.8 Å². The summed E-state index contributed by atoms with van der Waals surface area (Å²) in [6.45, 7) is 3.39. The summed E-state index contributed by atoms with van der Waals surface area (Å²) in [5.74, 6) is -0.267. The molecule has 2 heterocycles. The summed E-state index contributed by atoms with van der Waals surface area (Å²) >= 11 is 6.06. The standard InChI is InChI=1S/C22H24ClN3O2/c1-25-10-12-26(13-11-25)20(15-6-8-16(23)9-7-15)22(28)21(27)18-14-24-19-5-3-2-4-17(18)19/h2-9,14,20,22,24,28H,10-13H2,1H3/t20?,22-/m1/s1. The minimum absolute atomic E-state index is 0.267. The molecule has 1 fully saturated rings. The van der Waals surface area contributed by atoms with Gasteiger partial charge in [-0.2, -0.15) is 0 Å².